The minimum Gasteiger partial charge on any atom is -0.378 e. The van der Waals surface area contributed by atoms with Crippen molar-refractivity contribution in [3.63, 3.8) is 0 Å². The Bertz CT molecular complexity index is 447. The van der Waals surface area contributed by atoms with Gasteiger partial charge in [-0.1, -0.05) is 0 Å². The lowest BCUT2D eigenvalue weighted by molar-refractivity contribution is -0.00863. The zero-order chi connectivity index (χ0) is 13.1. The maximum absolute atomic E-state index is 13.1. The molecule has 0 atom stereocenters. The fraction of sp³-hybridized carbons (Fsp3) is 0.462. The molecule has 0 bridgehead atoms. The highest BCUT2D eigenvalue weighted by atomic mass is 79.9. The summed E-state index contributed by atoms with van der Waals surface area (Å²) in [6.45, 7) is 2.65. The molecule has 0 saturated heterocycles. The molecule has 0 heterocycles. The third kappa shape index (κ3) is 3.09. The van der Waals surface area contributed by atoms with Gasteiger partial charge in [0.1, 0.15) is 5.82 Å². The molecule has 1 amide bonds. The minimum atomic E-state index is -0.413. The highest BCUT2D eigenvalue weighted by Gasteiger charge is 2.31. The second-order valence-corrected chi connectivity index (χ2v) is 5.20. The lowest BCUT2D eigenvalue weighted by Gasteiger charge is -2.35. The van der Waals surface area contributed by atoms with Crippen LogP contribution in [0.2, 0.25) is 0 Å². The summed E-state index contributed by atoms with van der Waals surface area (Å²) in [5.74, 6) is -0.662. The van der Waals surface area contributed by atoms with Crippen LogP contribution in [-0.4, -0.2) is 24.7 Å². The van der Waals surface area contributed by atoms with E-state index in [9.17, 15) is 9.18 Å². The zero-order valence-corrected chi connectivity index (χ0v) is 11.7. The molecule has 1 saturated carbocycles. The van der Waals surface area contributed by atoms with Crippen molar-refractivity contribution in [1.82, 2.24) is 5.32 Å². The Morgan fingerprint density at radius 2 is 2.28 bits per heavy atom. The summed E-state index contributed by atoms with van der Waals surface area (Å²) >= 11 is 3.25. The van der Waals surface area contributed by atoms with Gasteiger partial charge < -0.3 is 10.1 Å². The topological polar surface area (TPSA) is 38.3 Å². The molecule has 1 N–H and O–H groups in total. The smallest absolute Gasteiger partial charge is 0.252 e. The highest BCUT2D eigenvalue weighted by molar-refractivity contribution is 9.10. The molecule has 1 aromatic rings. The van der Waals surface area contributed by atoms with Crippen molar-refractivity contribution in [2.45, 2.75) is 31.9 Å². The van der Waals surface area contributed by atoms with Crippen molar-refractivity contribution in [2.75, 3.05) is 6.61 Å². The second kappa shape index (κ2) is 5.80. The number of carbonyl (C=O) groups excluding carboxylic acids is 1. The molecule has 0 aliphatic heterocycles. The molecule has 0 aromatic heterocycles. The predicted octanol–water partition coefficient (Wildman–Crippen LogP) is 2.89. The van der Waals surface area contributed by atoms with E-state index in [1.165, 1.54) is 18.2 Å². The molecule has 18 heavy (non-hydrogen) atoms. The summed E-state index contributed by atoms with van der Waals surface area (Å²) in [5.41, 5.74) is 0.329. The van der Waals surface area contributed by atoms with Gasteiger partial charge >= 0.3 is 0 Å². The fourth-order valence-corrected chi connectivity index (χ4v) is 2.42. The summed E-state index contributed by atoms with van der Waals surface area (Å²) in [6, 6.07) is 4.21. The number of rotatable bonds is 4. The van der Waals surface area contributed by atoms with E-state index >= 15 is 0 Å². The molecule has 1 fully saturated rings. The van der Waals surface area contributed by atoms with E-state index in [1.807, 2.05) is 6.92 Å². The Morgan fingerprint density at radius 1 is 1.56 bits per heavy atom. The molecule has 1 aliphatic carbocycles. The van der Waals surface area contributed by atoms with Crippen LogP contribution in [0.1, 0.15) is 30.1 Å². The Kier molecular flexibility index (Phi) is 4.35. The van der Waals surface area contributed by atoms with E-state index in [4.69, 9.17) is 4.74 Å². The molecule has 1 aliphatic rings. The molecule has 3 nitrogen and oxygen atoms in total. The molecule has 98 valence electrons. The molecule has 2 rings (SSSR count). The van der Waals surface area contributed by atoms with E-state index in [2.05, 4.69) is 21.2 Å². The summed E-state index contributed by atoms with van der Waals surface area (Å²) in [7, 11) is 0. The van der Waals surface area contributed by atoms with Gasteiger partial charge in [-0.2, -0.15) is 0 Å². The third-order valence-electron chi connectivity index (χ3n) is 3.01. The van der Waals surface area contributed by atoms with Crippen LogP contribution in [0.4, 0.5) is 4.39 Å². The monoisotopic (exact) mass is 315 g/mol. The van der Waals surface area contributed by atoms with Crippen molar-refractivity contribution in [2.24, 2.45) is 0 Å². The molecule has 0 unspecified atom stereocenters. The van der Waals surface area contributed by atoms with Gasteiger partial charge in [-0.05, 0) is 53.9 Å². The average molecular weight is 316 g/mol. The average Bonchev–Trinajstić information content (AvgIpc) is 2.29. The second-order valence-electron chi connectivity index (χ2n) is 4.34. The van der Waals surface area contributed by atoms with Crippen molar-refractivity contribution < 1.29 is 13.9 Å². The first-order valence-corrected chi connectivity index (χ1v) is 6.77. The number of hydrogen-bond acceptors (Lipinski definition) is 2. The molecule has 1 aromatic carbocycles. The van der Waals surface area contributed by atoms with Crippen LogP contribution in [0, 0.1) is 5.82 Å². The van der Waals surface area contributed by atoms with Gasteiger partial charge in [-0.25, -0.2) is 4.39 Å². The van der Waals surface area contributed by atoms with Crippen molar-refractivity contribution in [3.8, 4) is 0 Å². The first-order chi connectivity index (χ1) is 8.60. The first-order valence-electron chi connectivity index (χ1n) is 5.97. The maximum Gasteiger partial charge on any atom is 0.252 e. The van der Waals surface area contributed by atoms with Crippen molar-refractivity contribution >= 4 is 21.8 Å². The van der Waals surface area contributed by atoms with Gasteiger partial charge in [-0.3, -0.25) is 4.79 Å². The number of hydrogen-bond donors (Lipinski definition) is 1. The first kappa shape index (κ1) is 13.5. The van der Waals surface area contributed by atoms with E-state index < -0.39 is 5.82 Å². The number of halogens is 2. The van der Waals surface area contributed by atoms with Gasteiger partial charge in [0.25, 0.3) is 5.91 Å². The van der Waals surface area contributed by atoms with Gasteiger partial charge in [0, 0.05) is 17.1 Å². The van der Waals surface area contributed by atoms with Gasteiger partial charge in [0.05, 0.1) is 11.7 Å². The minimum absolute atomic E-state index is 0.129. The van der Waals surface area contributed by atoms with E-state index in [0.29, 0.717) is 16.6 Å². The van der Waals surface area contributed by atoms with Crippen LogP contribution in [0.15, 0.2) is 22.7 Å². The molecular weight excluding hydrogens is 301 g/mol. The fourth-order valence-electron chi connectivity index (χ4n) is 1.99. The van der Waals surface area contributed by atoms with Crippen LogP contribution in [0.25, 0.3) is 0 Å². The summed E-state index contributed by atoms with van der Waals surface area (Å²) in [4.78, 5) is 11.9. The van der Waals surface area contributed by atoms with Gasteiger partial charge in [0.15, 0.2) is 0 Å². The standard InChI is InChI=1S/C13H15BrFNO2/c1-2-18-10-6-9(7-10)16-13(17)11-5-8(15)3-4-12(11)14/h3-5,9-10H,2,6-7H2,1H3,(H,16,17). The summed E-state index contributed by atoms with van der Waals surface area (Å²) in [6.07, 6.45) is 1.90. The van der Waals surface area contributed by atoms with Crippen LogP contribution in [0.5, 0.6) is 0 Å². The van der Waals surface area contributed by atoms with Gasteiger partial charge in [0.2, 0.25) is 0 Å². The Balaban J connectivity index is 1.91. The quantitative estimate of drug-likeness (QED) is 0.927. The zero-order valence-electron chi connectivity index (χ0n) is 10.1. The van der Waals surface area contributed by atoms with Crippen LogP contribution in [-0.2, 0) is 4.74 Å². The van der Waals surface area contributed by atoms with Crippen LogP contribution >= 0.6 is 15.9 Å². The van der Waals surface area contributed by atoms with Crippen LogP contribution < -0.4 is 5.32 Å². The third-order valence-corrected chi connectivity index (χ3v) is 3.70. The van der Waals surface area contributed by atoms with E-state index in [0.717, 1.165) is 12.8 Å². The largest absolute Gasteiger partial charge is 0.378 e. The number of nitrogens with one attached hydrogen (secondary N) is 1. The lowest BCUT2D eigenvalue weighted by atomic mass is 9.89. The summed E-state index contributed by atoms with van der Waals surface area (Å²) < 4.78 is 19.1. The number of amides is 1. The van der Waals surface area contributed by atoms with Crippen molar-refractivity contribution in [3.05, 3.63) is 34.1 Å². The Labute approximate surface area is 114 Å². The van der Waals surface area contributed by atoms with E-state index in [-0.39, 0.29) is 18.1 Å². The molecular formula is C13H15BrFNO2. The normalized spacial score (nSPS) is 22.4. The van der Waals surface area contributed by atoms with Gasteiger partial charge in [-0.15, -0.1) is 0 Å². The Hall–Kier alpha value is -0.940. The highest BCUT2D eigenvalue weighted by Crippen LogP contribution is 2.24. The number of carbonyl (C=O) groups is 1. The number of ether oxygens (including phenoxy) is 1. The summed E-state index contributed by atoms with van der Waals surface area (Å²) in [5, 5.41) is 2.87. The number of benzene rings is 1. The SMILES string of the molecule is CCOC1CC(NC(=O)c2cc(F)ccc2Br)C1. The lowest BCUT2D eigenvalue weighted by Crippen LogP contribution is -2.47. The molecule has 0 radical (unpaired) electrons. The van der Waals surface area contributed by atoms with E-state index in [1.54, 1.807) is 0 Å². The predicted molar refractivity (Wildman–Crippen MR) is 70.0 cm³/mol. The van der Waals surface area contributed by atoms with Crippen molar-refractivity contribution in [1.29, 1.82) is 0 Å². The molecule has 0 spiro atoms. The molecule has 5 heteroatoms. The van der Waals surface area contributed by atoms with Crippen LogP contribution in [0.3, 0.4) is 0 Å². The Morgan fingerprint density at radius 3 is 2.94 bits per heavy atom. The maximum atomic E-state index is 13.1.